The summed E-state index contributed by atoms with van der Waals surface area (Å²) in [5.41, 5.74) is 13.9. The van der Waals surface area contributed by atoms with Gasteiger partial charge in [0, 0.05) is 60.8 Å². The summed E-state index contributed by atoms with van der Waals surface area (Å²) in [7, 11) is 1.65. The fraction of sp³-hybridized carbons (Fsp3) is 0.485. The van der Waals surface area contributed by atoms with Crippen molar-refractivity contribution >= 4 is 115 Å². The van der Waals surface area contributed by atoms with E-state index in [0.29, 0.717) is 34.0 Å². The zero-order valence-electron chi connectivity index (χ0n) is 56.6. The van der Waals surface area contributed by atoms with E-state index in [1.54, 1.807) is 60.8 Å². The van der Waals surface area contributed by atoms with Crippen LogP contribution in [0.1, 0.15) is 88.8 Å². The van der Waals surface area contributed by atoms with Gasteiger partial charge in [-0.1, -0.05) is 96.1 Å². The molecule has 10 amide bonds. The molecule has 568 valence electrons. The highest BCUT2D eigenvalue weighted by molar-refractivity contribution is 8.76. The first-order valence-corrected chi connectivity index (χ1v) is 35.3. The molecule has 4 aromatic rings. The van der Waals surface area contributed by atoms with Crippen LogP contribution in [0.15, 0.2) is 85.1 Å². The number of aliphatic carboxylic acids is 4. The Morgan fingerprint density at radius 2 is 1.21 bits per heavy atom. The van der Waals surface area contributed by atoms with Crippen molar-refractivity contribution < 1.29 is 111 Å². The summed E-state index contributed by atoms with van der Waals surface area (Å²) < 4.78 is 31.7. The molecule has 1 aromatic heterocycles. The van der Waals surface area contributed by atoms with Crippen molar-refractivity contribution in [1.29, 1.82) is 0 Å². The normalized spacial score (nSPS) is 20.9. The van der Waals surface area contributed by atoms with Crippen molar-refractivity contribution in [3.8, 4) is 5.75 Å². The van der Waals surface area contributed by atoms with Gasteiger partial charge in [0.2, 0.25) is 59.1 Å². The highest BCUT2D eigenvalue weighted by Gasteiger charge is 2.43. The number of carboxylic acid groups (broad SMARTS) is 4. The maximum Gasteiger partial charge on any atom is 0.490 e. The fourth-order valence-electron chi connectivity index (χ4n) is 10.8. The average Bonchev–Trinajstić information content (AvgIpc) is 1.63. The Morgan fingerprint density at radius 1 is 0.654 bits per heavy atom. The van der Waals surface area contributed by atoms with Gasteiger partial charge in [-0.3, -0.25) is 57.5 Å². The van der Waals surface area contributed by atoms with Gasteiger partial charge in [-0.15, -0.1) is 0 Å². The van der Waals surface area contributed by atoms with Crippen LogP contribution in [0.5, 0.6) is 5.75 Å². The Hall–Kier alpha value is -10.1. The van der Waals surface area contributed by atoms with Crippen molar-refractivity contribution in [2.24, 2.45) is 17.4 Å². The number of aromatic amines is 1. The van der Waals surface area contributed by atoms with Crippen LogP contribution in [-0.4, -0.2) is 227 Å². The number of nitrogens with one attached hydrogen (secondary N) is 10. The number of nitrogens with two attached hydrogens (primary N) is 2. The molecule has 38 heteroatoms. The minimum absolute atomic E-state index is 0.0443. The number of para-hydroxylation sites is 1. The number of hydrogen-bond acceptors (Lipinski definition) is 20. The van der Waals surface area contributed by atoms with Crippen LogP contribution in [0, 0.1) is 5.92 Å². The topological polar surface area (TPSA) is 540 Å². The molecule has 0 unspecified atom stereocenters. The molecule has 2 saturated heterocycles. The van der Waals surface area contributed by atoms with E-state index in [9.17, 15) is 81.5 Å². The molecule has 33 nitrogen and oxygen atoms in total. The highest BCUT2D eigenvalue weighted by Crippen LogP contribution is 2.26. The number of carbonyl (C=O) groups excluding carboxylic acids is 10. The molecule has 0 spiro atoms. The van der Waals surface area contributed by atoms with E-state index in [2.05, 4.69) is 52.8 Å². The second-order valence-electron chi connectivity index (χ2n) is 24.8. The minimum Gasteiger partial charge on any atom is -0.508 e. The van der Waals surface area contributed by atoms with Gasteiger partial charge in [0.1, 0.15) is 66.2 Å². The van der Waals surface area contributed by atoms with E-state index in [1.165, 1.54) is 45.0 Å². The van der Waals surface area contributed by atoms with E-state index in [4.69, 9.17) is 26.5 Å². The second-order valence-corrected chi connectivity index (χ2v) is 27.4. The number of aromatic nitrogens is 1. The molecule has 2 fully saturated rings. The van der Waals surface area contributed by atoms with Crippen molar-refractivity contribution in [1.82, 2.24) is 57.7 Å². The third kappa shape index (κ3) is 26.6. The lowest BCUT2D eigenvalue weighted by Gasteiger charge is -2.31. The lowest BCUT2D eigenvalue weighted by atomic mass is 10.0. The SMILES string of the molecule is CC(C)[C@H](NC(=O)[C@@H]1CSSC[C@H](NC(=O)[C@H](CC(=O)O)NC(=O)[C@@H]2CCCN2C(=O)[C@@H](NC(=O)[C@@H](N)CCC(=O)O)[C@@H](C)O)C(=O)N[C@@H](Cc2ccccc2)C(=O)N[C@@H](Cc2c[nH]c3ccccc23)C(=O)N[C@@H](CCCCN)C(=O)N[C@@H](Cc2ccc(O)cc2)C(=O)N1)C(=O)O.O=C(O)C(F)(F)F. The van der Waals surface area contributed by atoms with Crippen LogP contribution in [-0.2, 0) is 86.4 Å². The monoisotopic (exact) mass is 1500 g/mol. The zero-order chi connectivity index (χ0) is 77.1. The molecule has 2 aliphatic heterocycles. The van der Waals surface area contributed by atoms with Crippen LogP contribution in [0.25, 0.3) is 10.9 Å². The zero-order valence-corrected chi connectivity index (χ0v) is 58.3. The number of H-pyrrole nitrogens is 1. The molecule has 104 heavy (non-hydrogen) atoms. The molecule has 0 aliphatic carbocycles. The largest absolute Gasteiger partial charge is 0.508 e. The molecular formula is C66H86F3N13O20S2. The first kappa shape index (κ1) is 84.6. The highest BCUT2D eigenvalue weighted by atomic mass is 33.1. The van der Waals surface area contributed by atoms with Gasteiger partial charge in [-0.2, -0.15) is 13.2 Å². The number of aliphatic hydroxyl groups excluding tert-OH is 1. The number of phenolic OH excluding ortho intramolecular Hbond substituents is 1. The molecule has 6 rings (SSSR count). The number of alkyl halides is 3. The first-order chi connectivity index (χ1) is 49.1. The number of carboxylic acids is 4. The van der Waals surface area contributed by atoms with Crippen LogP contribution in [0.3, 0.4) is 0 Å². The van der Waals surface area contributed by atoms with Crippen LogP contribution < -0.4 is 59.3 Å². The Labute approximate surface area is 601 Å². The van der Waals surface area contributed by atoms with E-state index < -0.39 is 192 Å². The number of aromatic hydroxyl groups is 1. The number of unbranched alkanes of at least 4 members (excludes halogenated alkanes) is 1. The Morgan fingerprint density at radius 3 is 1.79 bits per heavy atom. The van der Waals surface area contributed by atoms with Gasteiger partial charge in [0.25, 0.3) is 0 Å². The van der Waals surface area contributed by atoms with Gasteiger partial charge in [0.15, 0.2) is 0 Å². The van der Waals surface area contributed by atoms with Crippen LogP contribution in [0.4, 0.5) is 13.2 Å². The van der Waals surface area contributed by atoms with Gasteiger partial charge < -0.3 is 99.8 Å². The molecule has 3 aromatic carbocycles. The number of benzene rings is 3. The third-order valence-corrected chi connectivity index (χ3v) is 18.9. The number of rotatable bonds is 27. The number of fused-ring (bicyclic) bond motifs is 1. The van der Waals surface area contributed by atoms with Gasteiger partial charge >= 0.3 is 30.1 Å². The summed E-state index contributed by atoms with van der Waals surface area (Å²) in [5, 5.41) is 81.2. The van der Waals surface area contributed by atoms with Crippen molar-refractivity contribution in [3.05, 3.63) is 102 Å². The number of amides is 10. The van der Waals surface area contributed by atoms with Crippen molar-refractivity contribution in [2.45, 2.75) is 170 Å². The van der Waals surface area contributed by atoms with Crippen molar-refractivity contribution in [3.63, 3.8) is 0 Å². The maximum absolute atomic E-state index is 15.1. The summed E-state index contributed by atoms with van der Waals surface area (Å²) in [6.45, 7) is 4.32. The summed E-state index contributed by atoms with van der Waals surface area (Å²) >= 11 is 0. The lowest BCUT2D eigenvalue weighted by molar-refractivity contribution is -0.192. The Kier molecular flexibility index (Phi) is 33.1. The third-order valence-electron chi connectivity index (χ3n) is 16.4. The number of aliphatic hydroxyl groups is 1. The smallest absolute Gasteiger partial charge is 0.490 e. The van der Waals surface area contributed by atoms with Gasteiger partial charge in [-0.05, 0) is 92.8 Å². The van der Waals surface area contributed by atoms with Crippen molar-refractivity contribution in [2.75, 3.05) is 24.6 Å². The number of phenols is 1. The lowest BCUT2D eigenvalue weighted by Crippen LogP contribution is -2.62. The van der Waals surface area contributed by atoms with E-state index >= 15 is 14.4 Å². The minimum atomic E-state index is -5.08. The summed E-state index contributed by atoms with van der Waals surface area (Å²) in [5.74, 6) is -18.7. The predicted molar refractivity (Wildman–Crippen MR) is 369 cm³/mol. The summed E-state index contributed by atoms with van der Waals surface area (Å²) in [6, 6.07) is 3.64. The molecule has 0 saturated carbocycles. The number of hydrogen-bond donors (Lipinski definition) is 18. The molecule has 0 radical (unpaired) electrons. The number of likely N-dealkylation sites (tertiary alicyclic amines) is 1. The van der Waals surface area contributed by atoms with E-state index in [-0.39, 0.29) is 70.2 Å². The Balaban J connectivity index is 0.00000263. The second kappa shape index (κ2) is 40.7. The fourth-order valence-corrected chi connectivity index (χ4v) is 13.1. The summed E-state index contributed by atoms with van der Waals surface area (Å²) in [6.07, 6.45) is -6.93. The number of carbonyl (C=O) groups is 14. The average molecular weight is 1500 g/mol. The van der Waals surface area contributed by atoms with Crippen LogP contribution >= 0.6 is 21.6 Å². The molecule has 12 atom stereocenters. The molecule has 3 heterocycles. The van der Waals surface area contributed by atoms with Gasteiger partial charge in [0.05, 0.1) is 18.6 Å². The van der Waals surface area contributed by atoms with Gasteiger partial charge in [-0.25, -0.2) is 9.59 Å². The maximum atomic E-state index is 15.1. The van der Waals surface area contributed by atoms with E-state index in [0.717, 1.165) is 26.5 Å². The van der Waals surface area contributed by atoms with E-state index in [1.807, 2.05) is 0 Å². The standard InChI is InChI=1S/C64H85N13O18S2.C2HF3O2/c1-33(2)52(64(94)95)75-61(91)48-32-97-96-31-47(73-59(89)46(29-51(82)83)72-62(92)49-17-11-25-77(49)63(93)53(34(3)78)76-54(84)40(66)22-23-50(80)81)60(90)70-43(26-35-12-5-4-6-13-35)56(86)71-45(28-37-30-67-41-15-8-7-14-39(37)41)58(88)68-42(16-9-10-24-65)55(85)69-44(57(87)74-48)27-36-18-20-38(79)21-19-36;3-2(4,5)1(6)7/h4-8,12-15,18-21,30,33-34,40,42-49,52-53,67,78-79H,9-11,16-17,22-29,31-32,65-66H2,1-3H3,(H,68,88)(H,69,85)(H,70,90)(H,71,86)(H,72,92)(H,73,89)(H,74,87)(H,75,91)(H,76,84)(H,80,81)(H,82,83)(H,94,95);(H,6,7)/t34-,40+,42+,43+,44+,45+,46+,47+,48+,49+,52+,53+;/m1./s1. The summed E-state index contributed by atoms with van der Waals surface area (Å²) in [4.78, 5) is 194. The predicted octanol–water partition coefficient (Wildman–Crippen LogP) is -0.799. The van der Waals surface area contributed by atoms with Crippen LogP contribution in [0.2, 0.25) is 0 Å². The number of nitrogens with zero attached hydrogens (tertiary/aromatic N) is 1. The first-order valence-electron chi connectivity index (χ1n) is 32.8. The molecular weight excluding hydrogens is 1420 g/mol. The quantitative estimate of drug-likeness (QED) is 0.0257. The Bertz CT molecular complexity index is 3690. The molecule has 2 aliphatic rings. The molecule has 0 bridgehead atoms. The number of halogens is 3. The molecule has 20 N–H and O–H groups in total.